The molecule has 6 heteroatoms. The molecule has 1 aliphatic heterocycles. The molecule has 1 fully saturated rings. The van der Waals surface area contributed by atoms with Crippen LogP contribution in [0, 0.1) is 18.3 Å². The maximum Gasteiger partial charge on any atom is 0.147 e. The molecule has 1 aromatic rings. The van der Waals surface area contributed by atoms with Crippen LogP contribution in [-0.2, 0) is 4.74 Å². The molecule has 0 aliphatic carbocycles. The quantitative estimate of drug-likeness (QED) is 0.830. The second-order valence-corrected chi connectivity index (χ2v) is 4.17. The fourth-order valence-electron chi connectivity index (χ4n) is 1.84. The summed E-state index contributed by atoms with van der Waals surface area (Å²) in [7, 11) is 0. The van der Waals surface area contributed by atoms with E-state index >= 15 is 0 Å². The molecule has 0 unspecified atom stereocenters. The van der Waals surface area contributed by atoms with E-state index in [1.165, 1.54) is 0 Å². The van der Waals surface area contributed by atoms with Gasteiger partial charge in [-0.15, -0.1) is 0 Å². The first-order valence-electron chi connectivity index (χ1n) is 6.07. The van der Waals surface area contributed by atoms with Gasteiger partial charge in [-0.3, -0.25) is 4.90 Å². The monoisotopic (exact) mass is 247 g/mol. The summed E-state index contributed by atoms with van der Waals surface area (Å²) in [6.45, 7) is 7.05. The van der Waals surface area contributed by atoms with Crippen molar-refractivity contribution in [3.63, 3.8) is 0 Å². The normalized spacial score (nSPS) is 16.2. The van der Waals surface area contributed by atoms with Crippen LogP contribution in [0.5, 0.6) is 0 Å². The Labute approximate surface area is 107 Å². The van der Waals surface area contributed by atoms with Crippen LogP contribution < -0.4 is 5.32 Å². The van der Waals surface area contributed by atoms with Gasteiger partial charge in [-0.05, 0) is 6.92 Å². The second-order valence-electron chi connectivity index (χ2n) is 4.17. The number of aryl methyl sites for hydroxylation is 1. The SMILES string of the molecule is Cc1ncc(C#N)c(NCCN2CCOCC2)n1. The smallest absolute Gasteiger partial charge is 0.147 e. The molecular weight excluding hydrogens is 230 g/mol. The van der Waals surface area contributed by atoms with Crippen LogP contribution in [0.1, 0.15) is 11.4 Å². The van der Waals surface area contributed by atoms with Crippen LogP contribution in [0.2, 0.25) is 0 Å². The Morgan fingerprint density at radius 2 is 2.28 bits per heavy atom. The lowest BCUT2D eigenvalue weighted by atomic mass is 10.3. The van der Waals surface area contributed by atoms with E-state index in [4.69, 9.17) is 10.00 Å². The Bertz CT molecular complexity index is 437. The Morgan fingerprint density at radius 3 is 3.00 bits per heavy atom. The Kier molecular flexibility index (Phi) is 4.45. The fraction of sp³-hybridized carbons (Fsp3) is 0.583. The van der Waals surface area contributed by atoms with Crippen molar-refractivity contribution < 1.29 is 4.74 Å². The number of hydrogen-bond donors (Lipinski definition) is 1. The summed E-state index contributed by atoms with van der Waals surface area (Å²) in [6, 6.07) is 2.09. The second kappa shape index (κ2) is 6.28. The molecule has 0 radical (unpaired) electrons. The van der Waals surface area contributed by atoms with Crippen LogP contribution in [0.15, 0.2) is 6.20 Å². The summed E-state index contributed by atoms with van der Waals surface area (Å²) in [5.74, 6) is 1.29. The Hall–Kier alpha value is -1.71. The predicted octanol–water partition coefficient (Wildman–Crippen LogP) is 0.401. The molecule has 1 saturated heterocycles. The third kappa shape index (κ3) is 3.39. The number of anilines is 1. The molecule has 2 rings (SSSR count). The van der Waals surface area contributed by atoms with E-state index < -0.39 is 0 Å². The van der Waals surface area contributed by atoms with Crippen LogP contribution in [0.4, 0.5) is 5.82 Å². The third-order valence-electron chi connectivity index (χ3n) is 2.85. The summed E-state index contributed by atoms with van der Waals surface area (Å²) in [6.07, 6.45) is 1.55. The molecule has 0 amide bonds. The Morgan fingerprint density at radius 1 is 1.50 bits per heavy atom. The van der Waals surface area contributed by atoms with Crippen molar-refractivity contribution in [2.75, 3.05) is 44.7 Å². The first kappa shape index (κ1) is 12.7. The summed E-state index contributed by atoms with van der Waals surface area (Å²) in [5, 5.41) is 12.2. The maximum absolute atomic E-state index is 8.96. The van der Waals surface area contributed by atoms with Crippen LogP contribution >= 0.6 is 0 Å². The molecule has 0 bridgehead atoms. The van der Waals surface area contributed by atoms with Gasteiger partial charge in [0.25, 0.3) is 0 Å². The van der Waals surface area contributed by atoms with Crippen LogP contribution in [0.25, 0.3) is 0 Å². The number of nitrogens with one attached hydrogen (secondary N) is 1. The highest BCUT2D eigenvalue weighted by molar-refractivity contribution is 5.50. The zero-order valence-electron chi connectivity index (χ0n) is 10.5. The van der Waals surface area contributed by atoms with Gasteiger partial charge in [0.15, 0.2) is 0 Å². The highest BCUT2D eigenvalue weighted by Gasteiger charge is 2.10. The van der Waals surface area contributed by atoms with Gasteiger partial charge in [0.1, 0.15) is 23.3 Å². The number of morpholine rings is 1. The summed E-state index contributed by atoms with van der Waals surface area (Å²) < 4.78 is 5.29. The van der Waals surface area contributed by atoms with Gasteiger partial charge in [0.2, 0.25) is 0 Å². The van der Waals surface area contributed by atoms with Gasteiger partial charge in [-0.25, -0.2) is 9.97 Å². The molecule has 1 N–H and O–H groups in total. The lowest BCUT2D eigenvalue weighted by Crippen LogP contribution is -2.39. The first-order valence-corrected chi connectivity index (χ1v) is 6.07. The summed E-state index contributed by atoms with van der Waals surface area (Å²) >= 11 is 0. The first-order chi connectivity index (χ1) is 8.79. The largest absolute Gasteiger partial charge is 0.379 e. The van der Waals surface area contributed by atoms with Crippen molar-refractivity contribution in [1.29, 1.82) is 5.26 Å². The van der Waals surface area contributed by atoms with E-state index in [0.29, 0.717) is 17.2 Å². The lowest BCUT2D eigenvalue weighted by Gasteiger charge is -2.26. The minimum atomic E-state index is 0.488. The molecule has 1 aromatic heterocycles. The molecule has 18 heavy (non-hydrogen) atoms. The molecule has 0 atom stereocenters. The fourth-order valence-corrected chi connectivity index (χ4v) is 1.84. The van der Waals surface area contributed by atoms with E-state index in [9.17, 15) is 0 Å². The summed E-state index contributed by atoms with van der Waals surface area (Å²) in [5.41, 5.74) is 0.488. The van der Waals surface area contributed by atoms with Crippen molar-refractivity contribution in [3.8, 4) is 6.07 Å². The molecular formula is C12H17N5O. The maximum atomic E-state index is 8.96. The van der Waals surface area contributed by atoms with Crippen molar-refractivity contribution >= 4 is 5.82 Å². The minimum absolute atomic E-state index is 0.488. The summed E-state index contributed by atoms with van der Waals surface area (Å²) in [4.78, 5) is 10.6. The van der Waals surface area contributed by atoms with Crippen molar-refractivity contribution in [1.82, 2.24) is 14.9 Å². The van der Waals surface area contributed by atoms with E-state index in [0.717, 1.165) is 39.4 Å². The molecule has 0 aromatic carbocycles. The molecule has 1 aliphatic rings. The zero-order valence-corrected chi connectivity index (χ0v) is 10.5. The molecule has 6 nitrogen and oxygen atoms in total. The predicted molar refractivity (Wildman–Crippen MR) is 67.2 cm³/mol. The highest BCUT2D eigenvalue weighted by atomic mass is 16.5. The molecule has 0 spiro atoms. The van der Waals surface area contributed by atoms with Gasteiger partial charge in [-0.2, -0.15) is 5.26 Å². The van der Waals surface area contributed by atoms with Gasteiger partial charge in [-0.1, -0.05) is 0 Å². The van der Waals surface area contributed by atoms with Gasteiger partial charge in [0, 0.05) is 26.2 Å². The molecule has 96 valence electrons. The van der Waals surface area contributed by atoms with Crippen LogP contribution in [-0.4, -0.2) is 54.3 Å². The Balaban J connectivity index is 1.86. The van der Waals surface area contributed by atoms with E-state index in [-0.39, 0.29) is 0 Å². The third-order valence-corrected chi connectivity index (χ3v) is 2.85. The molecule has 0 saturated carbocycles. The lowest BCUT2D eigenvalue weighted by molar-refractivity contribution is 0.0398. The van der Waals surface area contributed by atoms with Crippen molar-refractivity contribution in [3.05, 3.63) is 17.6 Å². The zero-order chi connectivity index (χ0) is 12.8. The van der Waals surface area contributed by atoms with Crippen molar-refractivity contribution in [2.24, 2.45) is 0 Å². The highest BCUT2D eigenvalue weighted by Crippen LogP contribution is 2.09. The minimum Gasteiger partial charge on any atom is -0.379 e. The number of rotatable bonds is 4. The topological polar surface area (TPSA) is 74.1 Å². The van der Waals surface area contributed by atoms with Gasteiger partial charge in [0.05, 0.1) is 19.4 Å². The number of ether oxygens (including phenoxy) is 1. The number of nitriles is 1. The van der Waals surface area contributed by atoms with E-state index in [2.05, 4.69) is 26.3 Å². The average molecular weight is 247 g/mol. The van der Waals surface area contributed by atoms with E-state index in [1.54, 1.807) is 6.20 Å². The van der Waals surface area contributed by atoms with Gasteiger partial charge < -0.3 is 10.1 Å². The standard InChI is InChI=1S/C12H17N5O/c1-10-15-9-11(8-13)12(16-10)14-2-3-17-4-6-18-7-5-17/h9H,2-7H2,1H3,(H,14,15,16). The number of hydrogen-bond acceptors (Lipinski definition) is 6. The van der Waals surface area contributed by atoms with Gasteiger partial charge >= 0.3 is 0 Å². The average Bonchev–Trinajstić information content (AvgIpc) is 2.40. The number of aromatic nitrogens is 2. The van der Waals surface area contributed by atoms with E-state index in [1.807, 2.05) is 6.92 Å². The molecule has 2 heterocycles. The van der Waals surface area contributed by atoms with Crippen LogP contribution in [0.3, 0.4) is 0 Å². The number of nitrogens with zero attached hydrogens (tertiary/aromatic N) is 4. The van der Waals surface area contributed by atoms with Crippen molar-refractivity contribution in [2.45, 2.75) is 6.92 Å².